The normalized spacial score (nSPS) is 19.9. The predicted octanol–water partition coefficient (Wildman–Crippen LogP) is 4.08. The fourth-order valence-electron chi connectivity index (χ4n) is 5.70. The van der Waals surface area contributed by atoms with Gasteiger partial charge in [0.1, 0.15) is 6.17 Å². The number of hydrogen-bond donors (Lipinski definition) is 1. The number of halogens is 2. The lowest BCUT2D eigenvalue weighted by atomic mass is 9.92. The van der Waals surface area contributed by atoms with Gasteiger partial charge in [-0.3, -0.25) is 19.3 Å². The molecule has 186 valence electrons. The maximum atomic E-state index is 15.6. The second-order valence-corrected chi connectivity index (χ2v) is 10.1. The molecule has 2 aromatic heterocycles. The fourth-order valence-corrected chi connectivity index (χ4v) is 6.67. The molecular formula is C27H19F2N3O4S. The number of aromatic hydroxyl groups is 1. The van der Waals surface area contributed by atoms with E-state index in [1.807, 2.05) is 40.7 Å². The van der Waals surface area contributed by atoms with Crippen LogP contribution in [0, 0.1) is 11.6 Å². The summed E-state index contributed by atoms with van der Waals surface area (Å²) in [6, 6.07) is 12.6. The second kappa shape index (κ2) is 7.99. The number of ether oxygens (including phenoxy) is 1. The number of amides is 1. The summed E-state index contributed by atoms with van der Waals surface area (Å²) in [6.07, 6.45) is 0.801. The van der Waals surface area contributed by atoms with Crippen molar-refractivity contribution in [3.63, 3.8) is 0 Å². The molecule has 2 atom stereocenters. The van der Waals surface area contributed by atoms with E-state index in [2.05, 4.69) is 0 Å². The summed E-state index contributed by atoms with van der Waals surface area (Å²) in [5.74, 6) is -3.06. The van der Waals surface area contributed by atoms with Crippen LogP contribution in [0.15, 0.2) is 64.9 Å². The molecule has 7 nitrogen and oxygen atoms in total. The summed E-state index contributed by atoms with van der Waals surface area (Å²) >= 11 is 1.33. The first-order chi connectivity index (χ1) is 18.0. The third kappa shape index (κ3) is 2.99. The van der Waals surface area contributed by atoms with Crippen molar-refractivity contribution in [1.29, 1.82) is 0 Å². The van der Waals surface area contributed by atoms with Gasteiger partial charge in [0.25, 0.3) is 5.91 Å². The van der Waals surface area contributed by atoms with Crippen molar-refractivity contribution in [2.75, 3.05) is 24.8 Å². The molecule has 3 aliphatic rings. The van der Waals surface area contributed by atoms with Gasteiger partial charge < -0.3 is 14.7 Å². The van der Waals surface area contributed by atoms with E-state index < -0.39 is 40.9 Å². The van der Waals surface area contributed by atoms with Crippen LogP contribution in [-0.4, -0.2) is 46.5 Å². The highest BCUT2D eigenvalue weighted by Gasteiger charge is 2.46. The molecule has 0 radical (unpaired) electrons. The molecule has 0 saturated carbocycles. The molecule has 0 spiro atoms. The van der Waals surface area contributed by atoms with E-state index in [1.54, 1.807) is 11.0 Å². The van der Waals surface area contributed by atoms with Gasteiger partial charge >= 0.3 is 0 Å². The number of pyridine rings is 1. The van der Waals surface area contributed by atoms with Crippen LogP contribution in [0.4, 0.5) is 8.78 Å². The van der Waals surface area contributed by atoms with Crippen LogP contribution in [0.5, 0.6) is 5.75 Å². The zero-order valence-corrected chi connectivity index (χ0v) is 20.0. The number of rotatable bonds is 1. The lowest BCUT2D eigenvalue weighted by Crippen LogP contribution is -2.66. The summed E-state index contributed by atoms with van der Waals surface area (Å²) in [5.41, 5.74) is 2.22. The Morgan fingerprint density at radius 3 is 2.70 bits per heavy atom. The molecule has 1 N–H and O–H groups in total. The number of morpholine rings is 1. The number of nitrogens with zero attached hydrogens (tertiary/aromatic N) is 3. The average molecular weight is 520 g/mol. The SMILES string of the molecule is O=C1c2c(O)c(=O)ccn2N(C2c3ccccc3-c3ccsc3-c3c2ccc(F)c3F)C2COCCN12. The molecule has 1 fully saturated rings. The predicted molar refractivity (Wildman–Crippen MR) is 133 cm³/mol. The molecule has 37 heavy (non-hydrogen) atoms. The van der Waals surface area contributed by atoms with Crippen LogP contribution in [0.2, 0.25) is 0 Å². The monoisotopic (exact) mass is 519 g/mol. The van der Waals surface area contributed by atoms with Gasteiger partial charge in [0, 0.05) is 34.8 Å². The molecule has 2 unspecified atom stereocenters. The molecule has 4 aromatic rings. The van der Waals surface area contributed by atoms with E-state index in [-0.39, 0.29) is 24.4 Å². The summed E-state index contributed by atoms with van der Waals surface area (Å²) in [7, 11) is 0. The first kappa shape index (κ1) is 22.2. The summed E-state index contributed by atoms with van der Waals surface area (Å²) in [5, 5.41) is 14.4. The number of thiophene rings is 1. The minimum Gasteiger partial charge on any atom is -0.502 e. The van der Waals surface area contributed by atoms with Gasteiger partial charge in [0.05, 0.1) is 19.3 Å². The molecule has 1 saturated heterocycles. The first-order valence-corrected chi connectivity index (χ1v) is 12.6. The number of benzene rings is 2. The van der Waals surface area contributed by atoms with Crippen molar-refractivity contribution in [2.24, 2.45) is 0 Å². The Labute approximate surface area is 213 Å². The van der Waals surface area contributed by atoms with Crippen LogP contribution >= 0.6 is 11.3 Å². The Hall–Kier alpha value is -4.02. The molecule has 1 amide bonds. The van der Waals surface area contributed by atoms with E-state index in [9.17, 15) is 19.1 Å². The van der Waals surface area contributed by atoms with Gasteiger partial charge in [0.2, 0.25) is 5.43 Å². The number of hydrogen-bond acceptors (Lipinski definition) is 6. The fraction of sp³-hybridized carbons (Fsp3) is 0.185. The van der Waals surface area contributed by atoms with Gasteiger partial charge in [0.15, 0.2) is 23.1 Å². The van der Waals surface area contributed by atoms with Crippen molar-refractivity contribution in [1.82, 2.24) is 9.58 Å². The van der Waals surface area contributed by atoms with Crippen LogP contribution in [0.1, 0.15) is 27.7 Å². The Kier molecular flexibility index (Phi) is 4.79. The summed E-state index contributed by atoms with van der Waals surface area (Å²) in [4.78, 5) is 28.0. The lowest BCUT2D eigenvalue weighted by Gasteiger charge is -2.51. The Balaban J connectivity index is 1.59. The average Bonchev–Trinajstić information content (AvgIpc) is 3.35. The van der Waals surface area contributed by atoms with Crippen molar-refractivity contribution in [2.45, 2.75) is 12.2 Å². The number of fused-ring (bicyclic) bond motifs is 7. The smallest absolute Gasteiger partial charge is 0.278 e. The molecule has 2 aliphatic heterocycles. The third-order valence-corrected chi connectivity index (χ3v) is 8.23. The van der Waals surface area contributed by atoms with Crippen molar-refractivity contribution >= 4 is 17.2 Å². The maximum absolute atomic E-state index is 15.6. The zero-order chi connectivity index (χ0) is 25.4. The van der Waals surface area contributed by atoms with Gasteiger partial charge in [-0.15, -0.1) is 11.3 Å². The van der Waals surface area contributed by atoms with Crippen molar-refractivity contribution < 1.29 is 23.4 Å². The molecule has 0 bridgehead atoms. The maximum Gasteiger partial charge on any atom is 0.278 e. The molecule has 2 aromatic carbocycles. The van der Waals surface area contributed by atoms with Crippen molar-refractivity contribution in [3.05, 3.63) is 98.8 Å². The highest BCUT2D eigenvalue weighted by Crippen LogP contribution is 2.51. The highest BCUT2D eigenvalue weighted by molar-refractivity contribution is 7.14. The molecule has 1 aliphatic carbocycles. The third-order valence-electron chi connectivity index (χ3n) is 7.30. The molecule has 10 heteroatoms. The molecule has 4 heterocycles. The van der Waals surface area contributed by atoms with Gasteiger partial charge in [-0.25, -0.2) is 8.78 Å². The second-order valence-electron chi connectivity index (χ2n) is 9.13. The van der Waals surface area contributed by atoms with E-state index in [0.29, 0.717) is 17.0 Å². The quantitative estimate of drug-likeness (QED) is 0.410. The Morgan fingerprint density at radius 2 is 1.84 bits per heavy atom. The topological polar surface area (TPSA) is 75.0 Å². The van der Waals surface area contributed by atoms with Gasteiger partial charge in [-0.05, 0) is 34.2 Å². The van der Waals surface area contributed by atoms with E-state index in [0.717, 1.165) is 22.8 Å². The van der Waals surface area contributed by atoms with Crippen LogP contribution in [-0.2, 0) is 4.74 Å². The van der Waals surface area contributed by atoms with Crippen LogP contribution in [0.3, 0.4) is 0 Å². The minimum atomic E-state index is -0.957. The highest BCUT2D eigenvalue weighted by atomic mass is 32.1. The van der Waals surface area contributed by atoms with E-state index in [4.69, 9.17) is 4.74 Å². The Bertz CT molecular complexity index is 1670. The first-order valence-electron chi connectivity index (χ1n) is 11.7. The molecule has 7 rings (SSSR count). The standard InChI is InChI=1S/C27H19F2N3O4S/c28-18-6-5-17-21(22(18)29)26-16(8-12-37-26)14-3-1-2-4-15(14)23(17)32-20-13-36-11-10-30(20)27(35)24-25(34)19(33)7-9-31(24)32/h1-9,12,20,23,34H,10-11,13H2. The summed E-state index contributed by atoms with van der Waals surface area (Å²) in [6.45, 7) is 0.690. The number of carbonyl (C=O) groups excluding carboxylic acids is 1. The lowest BCUT2D eigenvalue weighted by molar-refractivity contribution is -0.0196. The molecular weight excluding hydrogens is 500 g/mol. The largest absolute Gasteiger partial charge is 0.502 e. The number of aromatic nitrogens is 1. The zero-order valence-electron chi connectivity index (χ0n) is 19.2. The van der Waals surface area contributed by atoms with Gasteiger partial charge in [-0.2, -0.15) is 0 Å². The van der Waals surface area contributed by atoms with Crippen LogP contribution < -0.4 is 10.4 Å². The van der Waals surface area contributed by atoms with E-state index in [1.165, 1.54) is 28.3 Å². The summed E-state index contributed by atoms with van der Waals surface area (Å²) < 4.78 is 37.5. The van der Waals surface area contributed by atoms with Crippen molar-refractivity contribution in [3.8, 4) is 27.3 Å². The Morgan fingerprint density at radius 1 is 1.00 bits per heavy atom. The van der Waals surface area contributed by atoms with E-state index >= 15 is 4.39 Å². The minimum absolute atomic E-state index is 0.150. The van der Waals surface area contributed by atoms with Gasteiger partial charge in [-0.1, -0.05) is 30.3 Å². The number of carbonyl (C=O) groups is 1. The van der Waals surface area contributed by atoms with Crippen LogP contribution in [0.25, 0.3) is 21.6 Å².